The molecule has 3 nitrogen and oxygen atoms in total. The second-order valence-electron chi connectivity index (χ2n) is 3.46. The highest BCUT2D eigenvalue weighted by Gasteiger charge is 2.35. The van der Waals surface area contributed by atoms with Crippen LogP contribution in [-0.2, 0) is 11.0 Å². The molecular formula is C10H6Cl3F3N2O. The highest BCUT2D eigenvalue weighted by molar-refractivity contribution is 6.57. The maximum Gasteiger partial charge on any atom is 0.418 e. The minimum atomic E-state index is -4.67. The van der Waals surface area contributed by atoms with E-state index in [2.05, 4.69) is 10.2 Å². The van der Waals surface area contributed by atoms with Crippen molar-refractivity contribution in [2.24, 2.45) is 10.2 Å². The molecular weight excluding hydrogens is 327 g/mol. The van der Waals surface area contributed by atoms with E-state index in [1.54, 1.807) is 0 Å². The largest absolute Gasteiger partial charge is 0.418 e. The fraction of sp³-hybridized carbons (Fsp3) is 0.300. The lowest BCUT2D eigenvalue weighted by molar-refractivity contribution is -0.137. The van der Waals surface area contributed by atoms with Crippen LogP contribution in [0.15, 0.2) is 28.4 Å². The average molecular weight is 334 g/mol. The Labute approximate surface area is 121 Å². The van der Waals surface area contributed by atoms with Gasteiger partial charge in [0.2, 0.25) is 0 Å². The zero-order valence-corrected chi connectivity index (χ0v) is 11.6. The molecule has 0 aliphatic carbocycles. The number of hydrogen-bond donors (Lipinski definition) is 0. The lowest BCUT2D eigenvalue weighted by Gasteiger charge is -2.11. The molecule has 0 radical (unpaired) electrons. The quantitative estimate of drug-likeness (QED) is 0.428. The molecule has 0 atom stereocenters. The second kappa shape index (κ2) is 5.64. The Morgan fingerprint density at radius 2 is 1.84 bits per heavy atom. The zero-order valence-electron chi connectivity index (χ0n) is 9.30. The third-order valence-electron chi connectivity index (χ3n) is 1.97. The molecule has 0 aliphatic heterocycles. The Morgan fingerprint density at radius 1 is 1.26 bits per heavy atom. The molecule has 0 heterocycles. The highest BCUT2D eigenvalue weighted by Crippen LogP contribution is 2.38. The van der Waals surface area contributed by atoms with Gasteiger partial charge in [-0.05, 0) is 25.1 Å². The summed E-state index contributed by atoms with van der Waals surface area (Å²) in [5.41, 5.74) is -1.64. The van der Waals surface area contributed by atoms with Crippen molar-refractivity contribution in [3.05, 3.63) is 28.8 Å². The van der Waals surface area contributed by atoms with E-state index in [0.717, 1.165) is 13.0 Å². The predicted molar refractivity (Wildman–Crippen MR) is 66.1 cm³/mol. The molecule has 104 valence electrons. The van der Waals surface area contributed by atoms with Crippen LogP contribution in [-0.4, -0.2) is 10.2 Å². The first kappa shape index (κ1) is 16.2. The average Bonchev–Trinajstić information content (AvgIpc) is 2.26. The molecule has 9 heteroatoms. The van der Waals surface area contributed by atoms with E-state index in [1.807, 2.05) is 0 Å². The molecule has 19 heavy (non-hydrogen) atoms. The number of Topliss-reactive ketones (excluding diaryl/α,β-unsaturated/α-hetero) is 1. The minimum Gasteiger partial charge on any atom is -0.294 e. The first-order chi connectivity index (χ1) is 8.54. The lowest BCUT2D eigenvalue weighted by Crippen LogP contribution is -2.19. The molecule has 0 saturated heterocycles. The summed E-state index contributed by atoms with van der Waals surface area (Å²) in [6.07, 6.45) is -4.67. The van der Waals surface area contributed by atoms with Gasteiger partial charge >= 0.3 is 6.18 Å². The summed E-state index contributed by atoms with van der Waals surface area (Å²) in [7, 11) is 0. The van der Waals surface area contributed by atoms with Crippen LogP contribution in [0, 0.1) is 0 Å². The first-order valence-corrected chi connectivity index (χ1v) is 5.86. The third-order valence-corrected chi connectivity index (χ3v) is 2.89. The number of carbonyl (C=O) groups is 1. The number of nitrogens with zero attached hydrogens (tertiary/aromatic N) is 2. The smallest absolute Gasteiger partial charge is 0.294 e. The van der Waals surface area contributed by atoms with Gasteiger partial charge in [0, 0.05) is 5.02 Å². The summed E-state index contributed by atoms with van der Waals surface area (Å²) in [6.45, 7) is 1.03. The number of halogens is 6. The molecule has 0 saturated carbocycles. The Morgan fingerprint density at radius 3 is 2.32 bits per heavy atom. The number of hydrogen-bond acceptors (Lipinski definition) is 3. The summed E-state index contributed by atoms with van der Waals surface area (Å²) >= 11 is 16.4. The summed E-state index contributed by atoms with van der Waals surface area (Å²) in [5.74, 6) is -0.762. The van der Waals surface area contributed by atoms with Gasteiger partial charge in [0.15, 0.2) is 5.78 Å². The maximum atomic E-state index is 12.7. The molecule has 0 amide bonds. The van der Waals surface area contributed by atoms with Gasteiger partial charge in [-0.2, -0.15) is 18.3 Å². The van der Waals surface area contributed by atoms with Crippen LogP contribution in [0.4, 0.5) is 18.9 Å². The van der Waals surface area contributed by atoms with E-state index in [1.165, 1.54) is 6.07 Å². The standard InChI is InChI=1S/C10H6Cl3F3N2O/c1-5(19)9(12,13)18-17-8-3-2-6(11)4-7(8)10(14,15)16/h2-4H,1H3/b18-17+. The van der Waals surface area contributed by atoms with Crippen molar-refractivity contribution < 1.29 is 18.0 Å². The Hall–Kier alpha value is -0.850. The second-order valence-corrected chi connectivity index (χ2v) is 5.18. The minimum absolute atomic E-state index is 0.110. The van der Waals surface area contributed by atoms with Crippen LogP contribution in [0.25, 0.3) is 0 Å². The molecule has 1 aromatic rings. The number of azo groups is 1. The van der Waals surface area contributed by atoms with Crippen molar-refractivity contribution in [1.29, 1.82) is 0 Å². The highest BCUT2D eigenvalue weighted by atomic mass is 35.5. The van der Waals surface area contributed by atoms with Gasteiger partial charge < -0.3 is 0 Å². The normalized spacial score (nSPS) is 13.0. The molecule has 0 fully saturated rings. The molecule has 1 aromatic carbocycles. The summed E-state index contributed by atoms with van der Waals surface area (Å²) in [4.78, 5) is 11.0. The van der Waals surface area contributed by atoms with Gasteiger partial charge in [0.1, 0.15) is 0 Å². The molecule has 0 N–H and O–H groups in total. The molecule has 0 aliphatic rings. The van der Waals surface area contributed by atoms with Crippen LogP contribution in [0.1, 0.15) is 12.5 Å². The van der Waals surface area contributed by atoms with Crippen molar-refractivity contribution >= 4 is 46.3 Å². The molecule has 1 rings (SSSR count). The van der Waals surface area contributed by atoms with Gasteiger partial charge in [-0.3, -0.25) is 4.79 Å². The Balaban J connectivity index is 3.23. The number of ketones is 1. The van der Waals surface area contributed by atoms with Crippen LogP contribution >= 0.6 is 34.8 Å². The van der Waals surface area contributed by atoms with Gasteiger partial charge in [0.25, 0.3) is 4.46 Å². The van der Waals surface area contributed by atoms with E-state index in [-0.39, 0.29) is 5.02 Å². The van der Waals surface area contributed by atoms with E-state index in [0.29, 0.717) is 6.07 Å². The SMILES string of the molecule is CC(=O)C(Cl)(Cl)/N=N/c1ccc(Cl)cc1C(F)(F)F. The van der Waals surface area contributed by atoms with Crippen LogP contribution in [0.2, 0.25) is 5.02 Å². The van der Waals surface area contributed by atoms with Crippen LogP contribution < -0.4 is 0 Å². The summed E-state index contributed by atoms with van der Waals surface area (Å²) in [6, 6.07) is 2.88. The Kier molecular flexibility index (Phi) is 4.81. The van der Waals surface area contributed by atoms with Crippen molar-refractivity contribution in [1.82, 2.24) is 0 Å². The molecule has 0 aromatic heterocycles. The number of alkyl halides is 5. The van der Waals surface area contributed by atoms with Crippen LogP contribution in [0.5, 0.6) is 0 Å². The number of carbonyl (C=O) groups excluding carboxylic acids is 1. The van der Waals surface area contributed by atoms with Gasteiger partial charge in [-0.1, -0.05) is 34.8 Å². The Bertz CT molecular complexity index is 529. The fourth-order valence-corrected chi connectivity index (χ4v) is 1.26. The van der Waals surface area contributed by atoms with E-state index in [4.69, 9.17) is 34.8 Å². The number of benzene rings is 1. The predicted octanol–water partition coefficient (Wildman–Crippen LogP) is 5.16. The maximum absolute atomic E-state index is 12.7. The first-order valence-electron chi connectivity index (χ1n) is 4.72. The summed E-state index contributed by atoms with van der Waals surface area (Å²) in [5, 5.41) is 6.35. The topological polar surface area (TPSA) is 41.8 Å². The summed E-state index contributed by atoms with van der Waals surface area (Å²) < 4.78 is 35.9. The van der Waals surface area contributed by atoms with Gasteiger partial charge in [-0.25, -0.2) is 0 Å². The zero-order chi connectivity index (χ0) is 14.8. The van der Waals surface area contributed by atoms with E-state index in [9.17, 15) is 18.0 Å². The fourth-order valence-electron chi connectivity index (χ4n) is 1.01. The lowest BCUT2D eigenvalue weighted by atomic mass is 10.2. The molecule has 0 unspecified atom stereocenters. The van der Waals surface area contributed by atoms with Crippen molar-refractivity contribution in [2.45, 2.75) is 17.6 Å². The van der Waals surface area contributed by atoms with E-state index < -0.39 is 27.7 Å². The van der Waals surface area contributed by atoms with Gasteiger partial charge in [0.05, 0.1) is 11.3 Å². The molecule has 0 bridgehead atoms. The van der Waals surface area contributed by atoms with Crippen LogP contribution in [0.3, 0.4) is 0 Å². The third kappa shape index (κ3) is 4.33. The number of rotatable bonds is 3. The van der Waals surface area contributed by atoms with E-state index >= 15 is 0 Å². The van der Waals surface area contributed by atoms with Crippen molar-refractivity contribution in [3.63, 3.8) is 0 Å². The molecule has 0 spiro atoms. The van der Waals surface area contributed by atoms with Gasteiger partial charge in [-0.15, -0.1) is 5.11 Å². The van der Waals surface area contributed by atoms with Crippen molar-refractivity contribution in [2.75, 3.05) is 0 Å². The van der Waals surface area contributed by atoms with Crippen molar-refractivity contribution in [3.8, 4) is 0 Å². The monoisotopic (exact) mass is 332 g/mol.